The first-order valence-corrected chi connectivity index (χ1v) is 6.78. The van der Waals surface area contributed by atoms with E-state index in [1.54, 1.807) is 24.5 Å². The molecule has 0 atom stereocenters. The van der Waals surface area contributed by atoms with Crippen LogP contribution >= 0.6 is 22.7 Å². The topological polar surface area (TPSA) is 67.2 Å². The third kappa shape index (κ3) is 2.78. The molecule has 2 rings (SSSR count). The van der Waals surface area contributed by atoms with E-state index in [4.69, 9.17) is 5.73 Å². The van der Waals surface area contributed by atoms with Gasteiger partial charge in [0.25, 0.3) is 5.91 Å². The molecule has 0 aliphatic heterocycles. The van der Waals surface area contributed by atoms with E-state index in [9.17, 15) is 4.79 Å². The molecule has 0 radical (unpaired) electrons. The summed E-state index contributed by atoms with van der Waals surface area (Å²) in [6, 6.07) is 5.87. The van der Waals surface area contributed by atoms with Gasteiger partial charge in [-0.3, -0.25) is 4.79 Å². The van der Waals surface area contributed by atoms with Crippen molar-refractivity contribution in [3.8, 4) is 0 Å². The number of anilines is 2. The lowest BCUT2D eigenvalue weighted by Gasteiger charge is -1.99. The summed E-state index contributed by atoms with van der Waals surface area (Å²) in [5, 5.41) is 8.78. The van der Waals surface area contributed by atoms with E-state index < -0.39 is 0 Å². The Labute approximate surface area is 107 Å². The number of rotatable bonds is 4. The Morgan fingerprint density at radius 2 is 2.35 bits per heavy atom. The van der Waals surface area contributed by atoms with E-state index in [1.165, 1.54) is 16.2 Å². The molecule has 17 heavy (non-hydrogen) atoms. The Hall–Kier alpha value is -1.53. The van der Waals surface area contributed by atoms with Crippen molar-refractivity contribution >= 4 is 39.3 Å². The fourth-order valence-electron chi connectivity index (χ4n) is 1.37. The summed E-state index contributed by atoms with van der Waals surface area (Å²) >= 11 is 3.07. The van der Waals surface area contributed by atoms with Gasteiger partial charge < -0.3 is 16.4 Å². The van der Waals surface area contributed by atoms with Gasteiger partial charge in [-0.05, 0) is 17.5 Å². The normalized spacial score (nSPS) is 10.2. The van der Waals surface area contributed by atoms with Crippen LogP contribution in [0, 0.1) is 0 Å². The molecule has 0 saturated heterocycles. The molecular weight excluding hydrogens is 254 g/mol. The van der Waals surface area contributed by atoms with Crippen molar-refractivity contribution in [3.05, 3.63) is 33.3 Å². The lowest BCUT2D eigenvalue weighted by atomic mass is 10.4. The summed E-state index contributed by atoms with van der Waals surface area (Å²) in [6.07, 6.45) is 0. The summed E-state index contributed by atoms with van der Waals surface area (Å²) < 4.78 is 0. The number of nitrogens with two attached hydrogens (primary N) is 1. The zero-order valence-electron chi connectivity index (χ0n) is 9.32. The number of hydrogen-bond donors (Lipinski definition) is 3. The van der Waals surface area contributed by atoms with Crippen LogP contribution in [0.25, 0.3) is 0 Å². The van der Waals surface area contributed by atoms with E-state index in [-0.39, 0.29) is 5.91 Å². The van der Waals surface area contributed by atoms with Gasteiger partial charge >= 0.3 is 0 Å². The molecule has 0 fully saturated rings. The second kappa shape index (κ2) is 5.20. The highest BCUT2D eigenvalue weighted by molar-refractivity contribution is 7.18. The van der Waals surface area contributed by atoms with Crippen LogP contribution in [0.1, 0.15) is 14.5 Å². The average molecular weight is 267 g/mol. The maximum absolute atomic E-state index is 11.5. The number of nitrogen functional groups attached to an aromatic ring is 1. The highest BCUT2D eigenvalue weighted by Gasteiger charge is 2.12. The van der Waals surface area contributed by atoms with Gasteiger partial charge in [-0.1, -0.05) is 6.07 Å². The van der Waals surface area contributed by atoms with Crippen LogP contribution in [0.5, 0.6) is 0 Å². The lowest BCUT2D eigenvalue weighted by Crippen LogP contribution is -2.17. The molecule has 0 bridgehead atoms. The molecule has 0 spiro atoms. The van der Waals surface area contributed by atoms with Gasteiger partial charge in [-0.15, -0.1) is 22.7 Å². The van der Waals surface area contributed by atoms with Gasteiger partial charge in [-0.2, -0.15) is 0 Å². The molecule has 1 amide bonds. The third-order valence-electron chi connectivity index (χ3n) is 2.21. The lowest BCUT2D eigenvalue weighted by molar-refractivity contribution is 0.0968. The van der Waals surface area contributed by atoms with Crippen LogP contribution < -0.4 is 16.4 Å². The van der Waals surface area contributed by atoms with Gasteiger partial charge in [0.05, 0.1) is 17.2 Å². The van der Waals surface area contributed by atoms with Crippen molar-refractivity contribution in [2.75, 3.05) is 18.1 Å². The van der Waals surface area contributed by atoms with Gasteiger partial charge in [0.15, 0.2) is 0 Å². The molecule has 0 unspecified atom stereocenters. The average Bonchev–Trinajstić information content (AvgIpc) is 2.94. The smallest absolute Gasteiger partial charge is 0.263 e. The minimum Gasteiger partial charge on any atom is -0.397 e. The monoisotopic (exact) mass is 267 g/mol. The second-order valence-corrected chi connectivity index (χ2v) is 5.49. The molecule has 6 heteroatoms. The van der Waals surface area contributed by atoms with Crippen molar-refractivity contribution in [1.82, 2.24) is 5.32 Å². The number of nitrogens with one attached hydrogen (secondary N) is 2. The molecule has 2 heterocycles. The summed E-state index contributed by atoms with van der Waals surface area (Å²) in [4.78, 5) is 13.3. The van der Waals surface area contributed by atoms with E-state index in [0.717, 1.165) is 11.5 Å². The van der Waals surface area contributed by atoms with Crippen molar-refractivity contribution in [3.63, 3.8) is 0 Å². The summed E-state index contributed by atoms with van der Waals surface area (Å²) in [7, 11) is 1.60. The van der Waals surface area contributed by atoms with Crippen molar-refractivity contribution in [2.45, 2.75) is 6.54 Å². The second-order valence-electron chi connectivity index (χ2n) is 3.41. The maximum atomic E-state index is 11.5. The molecular formula is C11H13N3OS2. The van der Waals surface area contributed by atoms with Gasteiger partial charge in [-0.25, -0.2) is 0 Å². The highest BCUT2D eigenvalue weighted by atomic mass is 32.1. The van der Waals surface area contributed by atoms with Crippen molar-refractivity contribution in [2.24, 2.45) is 0 Å². The molecule has 90 valence electrons. The Morgan fingerprint density at radius 1 is 1.53 bits per heavy atom. The van der Waals surface area contributed by atoms with Gasteiger partial charge in [0, 0.05) is 11.9 Å². The molecule has 4 N–H and O–H groups in total. The highest BCUT2D eigenvalue weighted by Crippen LogP contribution is 2.29. The fourth-order valence-corrected chi connectivity index (χ4v) is 2.94. The van der Waals surface area contributed by atoms with E-state index >= 15 is 0 Å². The predicted molar refractivity (Wildman–Crippen MR) is 73.8 cm³/mol. The van der Waals surface area contributed by atoms with E-state index in [2.05, 4.69) is 16.7 Å². The molecule has 0 aliphatic rings. The number of carbonyl (C=O) groups excluding carboxylic acids is 1. The molecule has 2 aromatic heterocycles. The molecule has 0 saturated carbocycles. The SMILES string of the molecule is CNC(=O)c1sc(NCc2cccs2)cc1N. The van der Waals surface area contributed by atoms with Crippen molar-refractivity contribution < 1.29 is 4.79 Å². The third-order valence-corrected chi connectivity index (χ3v) is 4.19. The molecule has 2 aromatic rings. The zero-order chi connectivity index (χ0) is 12.3. The number of thiophene rings is 2. The number of amides is 1. The summed E-state index contributed by atoms with van der Waals surface area (Å²) in [5.74, 6) is -0.142. The van der Waals surface area contributed by atoms with E-state index in [1.807, 2.05) is 11.4 Å². The van der Waals surface area contributed by atoms with E-state index in [0.29, 0.717) is 10.6 Å². The largest absolute Gasteiger partial charge is 0.397 e. The first-order valence-electron chi connectivity index (χ1n) is 5.08. The molecule has 4 nitrogen and oxygen atoms in total. The number of carbonyl (C=O) groups is 1. The maximum Gasteiger partial charge on any atom is 0.263 e. The summed E-state index contributed by atoms with van der Waals surface area (Å²) in [5.41, 5.74) is 6.30. The number of hydrogen-bond acceptors (Lipinski definition) is 5. The van der Waals surface area contributed by atoms with Crippen LogP contribution in [0.2, 0.25) is 0 Å². The Balaban J connectivity index is 2.05. The van der Waals surface area contributed by atoms with Crippen LogP contribution in [0.15, 0.2) is 23.6 Å². The zero-order valence-corrected chi connectivity index (χ0v) is 11.0. The summed E-state index contributed by atoms with van der Waals surface area (Å²) in [6.45, 7) is 0.755. The van der Waals surface area contributed by atoms with Crippen molar-refractivity contribution in [1.29, 1.82) is 0 Å². The van der Waals surface area contributed by atoms with Gasteiger partial charge in [0.2, 0.25) is 0 Å². The van der Waals surface area contributed by atoms with Crippen LogP contribution in [0.4, 0.5) is 10.7 Å². The fraction of sp³-hybridized carbons (Fsp3) is 0.182. The van der Waals surface area contributed by atoms with Crippen LogP contribution in [-0.2, 0) is 6.54 Å². The predicted octanol–water partition coefficient (Wildman–Crippen LogP) is 2.36. The minimum atomic E-state index is -0.142. The standard InChI is InChI=1S/C11H13N3OS2/c1-13-11(15)10-8(12)5-9(17-10)14-6-7-3-2-4-16-7/h2-5,14H,6,12H2,1H3,(H,13,15). The minimum absolute atomic E-state index is 0.142. The van der Waals surface area contributed by atoms with Gasteiger partial charge in [0.1, 0.15) is 4.88 Å². The van der Waals surface area contributed by atoms with Crippen LogP contribution in [0.3, 0.4) is 0 Å². The Morgan fingerprint density at radius 3 is 3.00 bits per heavy atom. The van der Waals surface area contributed by atoms with Crippen LogP contribution in [-0.4, -0.2) is 13.0 Å². The molecule has 0 aliphatic carbocycles. The first-order chi connectivity index (χ1) is 8.20. The quantitative estimate of drug-likeness (QED) is 0.796. The Kier molecular flexibility index (Phi) is 3.65. The first kappa shape index (κ1) is 11.9. The molecule has 0 aromatic carbocycles. The Bertz CT molecular complexity index is 505.